The van der Waals surface area contributed by atoms with Crippen LogP contribution >= 0.6 is 0 Å². The molecular formula is C28H28N2O9. The van der Waals surface area contributed by atoms with Gasteiger partial charge in [-0.2, -0.15) is 0 Å². The van der Waals surface area contributed by atoms with E-state index in [0.29, 0.717) is 33.8 Å². The summed E-state index contributed by atoms with van der Waals surface area (Å²) in [5, 5.41) is 0. The molecule has 1 saturated heterocycles. The Bertz CT molecular complexity index is 1420. The highest BCUT2D eigenvalue weighted by molar-refractivity contribution is 6.05. The largest absolute Gasteiger partial charge is 0.460 e. The van der Waals surface area contributed by atoms with Gasteiger partial charge >= 0.3 is 11.9 Å². The molecule has 2 atom stereocenters. The van der Waals surface area contributed by atoms with Gasteiger partial charge in [-0.3, -0.25) is 24.1 Å². The number of hydrogen-bond donors (Lipinski definition) is 0. The van der Waals surface area contributed by atoms with E-state index in [1.165, 1.54) is 18.7 Å². The fraction of sp³-hybridized carbons (Fsp3) is 0.393. The molecule has 0 N–H and O–H groups in total. The minimum atomic E-state index is -1.08. The summed E-state index contributed by atoms with van der Waals surface area (Å²) in [5.41, 5.74) is 1.63. The van der Waals surface area contributed by atoms with Crippen LogP contribution in [0.2, 0.25) is 0 Å². The first-order valence-electron chi connectivity index (χ1n) is 12.5. The number of hydrogen-bond acceptors (Lipinski definition) is 9. The van der Waals surface area contributed by atoms with Gasteiger partial charge in [0.2, 0.25) is 17.6 Å². The fourth-order valence-electron chi connectivity index (χ4n) is 5.36. The maximum Gasteiger partial charge on any atom is 0.338 e. The monoisotopic (exact) mass is 536 g/mol. The van der Waals surface area contributed by atoms with E-state index in [1.54, 1.807) is 51.1 Å². The van der Waals surface area contributed by atoms with Gasteiger partial charge in [-0.05, 0) is 19.1 Å². The van der Waals surface area contributed by atoms with Crippen molar-refractivity contribution in [2.45, 2.75) is 58.9 Å². The van der Waals surface area contributed by atoms with E-state index in [4.69, 9.17) is 18.9 Å². The van der Waals surface area contributed by atoms with Crippen LogP contribution in [0.1, 0.15) is 60.8 Å². The number of rotatable bonds is 4. The molecule has 11 heteroatoms. The van der Waals surface area contributed by atoms with Crippen molar-refractivity contribution in [2.24, 2.45) is 0 Å². The van der Waals surface area contributed by atoms with Crippen molar-refractivity contribution in [3.05, 3.63) is 52.6 Å². The average Bonchev–Trinajstić information content (AvgIpc) is 3.22. The predicted octanol–water partition coefficient (Wildman–Crippen LogP) is 2.47. The lowest BCUT2D eigenvalue weighted by Crippen LogP contribution is -2.64. The Balaban J connectivity index is 1.67. The molecule has 3 amide bonds. The summed E-state index contributed by atoms with van der Waals surface area (Å²) in [6.07, 6.45) is -0.0247. The van der Waals surface area contributed by atoms with Crippen LogP contribution in [-0.2, 0) is 30.3 Å². The first kappa shape index (κ1) is 26.2. The molecule has 5 rings (SSSR count). The van der Waals surface area contributed by atoms with Gasteiger partial charge in [0.25, 0.3) is 5.91 Å². The minimum Gasteiger partial charge on any atom is -0.460 e. The van der Waals surface area contributed by atoms with E-state index in [1.807, 2.05) is 0 Å². The Morgan fingerprint density at radius 1 is 1.05 bits per heavy atom. The standard InChI is InChI=1S/C28H28N2O9/c1-14-23(37-16(3)32)22-18(25-24(14)38-28(4,5)39-25)11-19-26(34)29(15(2)31)12-21(33)30(19)20(22)13-36-27(35)17-9-7-6-8-10-17/h6-10,19-20H,11-13H2,1-5H3/t19-,20+/m0/s1. The Labute approximate surface area is 224 Å². The number of carbonyl (C=O) groups excluding carboxylic acids is 5. The van der Waals surface area contributed by atoms with Crippen LogP contribution in [0.3, 0.4) is 0 Å². The van der Waals surface area contributed by atoms with Gasteiger partial charge in [0.1, 0.15) is 24.9 Å². The summed E-state index contributed by atoms with van der Waals surface area (Å²) in [4.78, 5) is 66.4. The molecule has 3 aliphatic rings. The molecule has 204 valence electrons. The van der Waals surface area contributed by atoms with Crippen molar-refractivity contribution >= 4 is 29.7 Å². The molecule has 11 nitrogen and oxygen atoms in total. The third-order valence-electron chi connectivity index (χ3n) is 6.97. The minimum absolute atomic E-state index is 0.0247. The summed E-state index contributed by atoms with van der Waals surface area (Å²) in [6.45, 7) is 6.79. The SMILES string of the molecule is CC(=O)Oc1c(C)c2c(c3c1[C@@H](COC(=O)c1ccccc1)N1C(=O)CN(C(C)=O)C(=O)[C@@H]1C3)OC(C)(C)O2. The summed E-state index contributed by atoms with van der Waals surface area (Å²) >= 11 is 0. The molecule has 0 spiro atoms. The molecule has 3 heterocycles. The number of benzene rings is 2. The van der Waals surface area contributed by atoms with Crippen LogP contribution in [0.25, 0.3) is 0 Å². The van der Waals surface area contributed by atoms with Gasteiger partial charge < -0.3 is 23.8 Å². The van der Waals surface area contributed by atoms with Crippen LogP contribution in [0, 0.1) is 6.92 Å². The lowest BCUT2D eigenvalue weighted by Gasteiger charge is -2.47. The third-order valence-corrected chi connectivity index (χ3v) is 6.97. The quantitative estimate of drug-likeness (QED) is 0.427. The molecule has 0 aliphatic carbocycles. The van der Waals surface area contributed by atoms with Crippen molar-refractivity contribution in [3.8, 4) is 17.2 Å². The van der Waals surface area contributed by atoms with Gasteiger partial charge in [-0.25, -0.2) is 4.79 Å². The van der Waals surface area contributed by atoms with E-state index in [2.05, 4.69) is 0 Å². The second kappa shape index (κ2) is 9.40. The highest BCUT2D eigenvalue weighted by Crippen LogP contribution is 2.55. The van der Waals surface area contributed by atoms with Crippen LogP contribution in [-0.4, -0.2) is 64.4 Å². The molecule has 1 fully saturated rings. The maximum absolute atomic E-state index is 13.5. The Morgan fingerprint density at radius 2 is 1.72 bits per heavy atom. The van der Waals surface area contributed by atoms with Gasteiger partial charge in [-0.1, -0.05) is 18.2 Å². The molecular weight excluding hydrogens is 508 g/mol. The molecule has 3 aliphatic heterocycles. The van der Waals surface area contributed by atoms with E-state index < -0.39 is 54.1 Å². The maximum atomic E-state index is 13.5. The number of nitrogens with zero attached hydrogens (tertiary/aromatic N) is 2. The smallest absolute Gasteiger partial charge is 0.338 e. The summed E-state index contributed by atoms with van der Waals surface area (Å²) in [5.74, 6) is -3.08. The fourth-order valence-corrected chi connectivity index (χ4v) is 5.36. The van der Waals surface area contributed by atoms with E-state index in [0.717, 1.165) is 4.90 Å². The zero-order valence-electron chi connectivity index (χ0n) is 22.2. The van der Waals surface area contributed by atoms with Crippen LogP contribution < -0.4 is 14.2 Å². The molecule has 39 heavy (non-hydrogen) atoms. The van der Waals surface area contributed by atoms with E-state index in [-0.39, 0.29) is 18.8 Å². The number of fused-ring (bicyclic) bond motifs is 4. The van der Waals surface area contributed by atoms with Crippen molar-refractivity contribution in [3.63, 3.8) is 0 Å². The normalized spacial score (nSPS) is 20.7. The average molecular weight is 537 g/mol. The number of ether oxygens (including phenoxy) is 4. The summed E-state index contributed by atoms with van der Waals surface area (Å²) in [7, 11) is 0. The Hall–Kier alpha value is -4.41. The second-order valence-electron chi connectivity index (χ2n) is 10.1. The molecule has 0 unspecified atom stereocenters. The topological polar surface area (TPSA) is 129 Å². The van der Waals surface area contributed by atoms with E-state index >= 15 is 0 Å². The zero-order chi connectivity index (χ0) is 28.2. The molecule has 0 radical (unpaired) electrons. The lowest BCUT2D eigenvalue weighted by atomic mass is 9.83. The summed E-state index contributed by atoms with van der Waals surface area (Å²) in [6, 6.07) is 6.24. The Morgan fingerprint density at radius 3 is 2.36 bits per heavy atom. The van der Waals surface area contributed by atoms with Gasteiger partial charge in [0, 0.05) is 50.8 Å². The first-order valence-corrected chi connectivity index (χ1v) is 12.5. The van der Waals surface area contributed by atoms with Crippen molar-refractivity contribution in [2.75, 3.05) is 13.2 Å². The van der Waals surface area contributed by atoms with Crippen LogP contribution in [0.5, 0.6) is 17.2 Å². The highest BCUT2D eigenvalue weighted by Gasteiger charge is 2.52. The number of carbonyl (C=O) groups is 5. The second-order valence-corrected chi connectivity index (χ2v) is 10.1. The first-order chi connectivity index (χ1) is 18.4. The van der Waals surface area contributed by atoms with Crippen molar-refractivity contribution in [1.29, 1.82) is 0 Å². The van der Waals surface area contributed by atoms with Crippen molar-refractivity contribution in [1.82, 2.24) is 9.80 Å². The van der Waals surface area contributed by atoms with Gasteiger partial charge in [-0.15, -0.1) is 0 Å². The highest BCUT2D eigenvalue weighted by atomic mass is 16.7. The zero-order valence-corrected chi connectivity index (χ0v) is 22.2. The molecule has 0 bridgehead atoms. The number of esters is 2. The number of amides is 3. The molecule has 0 aromatic heterocycles. The number of imide groups is 1. The summed E-state index contributed by atoms with van der Waals surface area (Å²) < 4.78 is 23.5. The molecule has 0 saturated carbocycles. The Kier molecular flexibility index (Phi) is 6.32. The molecule has 2 aromatic rings. The van der Waals surface area contributed by atoms with Gasteiger partial charge in [0.05, 0.1) is 11.6 Å². The third kappa shape index (κ3) is 4.47. The van der Waals surface area contributed by atoms with Gasteiger partial charge in [0.15, 0.2) is 11.5 Å². The predicted molar refractivity (Wildman–Crippen MR) is 134 cm³/mol. The molecule has 2 aromatic carbocycles. The number of piperazine rings is 1. The lowest BCUT2D eigenvalue weighted by molar-refractivity contribution is -0.165. The van der Waals surface area contributed by atoms with Crippen molar-refractivity contribution < 1.29 is 42.9 Å². The van der Waals surface area contributed by atoms with Crippen LogP contribution in [0.4, 0.5) is 0 Å². The van der Waals surface area contributed by atoms with Crippen LogP contribution in [0.15, 0.2) is 30.3 Å². The van der Waals surface area contributed by atoms with E-state index in [9.17, 15) is 24.0 Å².